The van der Waals surface area contributed by atoms with Crippen LogP contribution in [0.2, 0.25) is 0 Å². The van der Waals surface area contributed by atoms with Crippen molar-refractivity contribution >= 4 is 18.1 Å². The third-order valence-corrected chi connectivity index (χ3v) is 3.04. The van der Waals surface area contributed by atoms with Gasteiger partial charge in [-0.15, -0.1) is 0 Å². The molecule has 0 aliphatic rings. The van der Waals surface area contributed by atoms with Crippen LogP contribution in [0.3, 0.4) is 0 Å². The van der Waals surface area contributed by atoms with Crippen LogP contribution in [0.25, 0.3) is 0 Å². The lowest BCUT2D eigenvalue weighted by Gasteiger charge is -2.04. The lowest BCUT2D eigenvalue weighted by atomic mass is 10.1. The van der Waals surface area contributed by atoms with E-state index in [-0.39, 0.29) is 5.56 Å². The number of hydrazone groups is 1. The molecule has 0 atom stereocenters. The number of amides is 1. The smallest absolute Gasteiger partial charge is 0.337 e. The van der Waals surface area contributed by atoms with E-state index in [1.165, 1.54) is 13.3 Å². The molecule has 2 rings (SSSR count). The summed E-state index contributed by atoms with van der Waals surface area (Å²) in [7, 11) is 1.28. The predicted octanol–water partition coefficient (Wildman–Crippen LogP) is 1.35. The molecule has 0 aliphatic heterocycles. The molecule has 24 heavy (non-hydrogen) atoms. The van der Waals surface area contributed by atoms with Crippen LogP contribution in [0.1, 0.15) is 26.3 Å². The van der Waals surface area contributed by atoms with Gasteiger partial charge >= 0.3 is 5.97 Å². The van der Waals surface area contributed by atoms with Crippen molar-refractivity contribution in [1.82, 2.24) is 5.43 Å². The van der Waals surface area contributed by atoms with E-state index < -0.39 is 29.1 Å². The molecule has 2 aromatic carbocycles. The second-order valence-electron chi connectivity index (χ2n) is 4.68. The van der Waals surface area contributed by atoms with E-state index in [0.29, 0.717) is 11.1 Å². The zero-order valence-corrected chi connectivity index (χ0v) is 12.6. The average Bonchev–Trinajstić information content (AvgIpc) is 2.59. The van der Waals surface area contributed by atoms with Crippen molar-refractivity contribution in [1.29, 1.82) is 0 Å². The van der Waals surface area contributed by atoms with E-state index >= 15 is 0 Å². The summed E-state index contributed by atoms with van der Waals surface area (Å²) in [6, 6.07) is 8.30. The summed E-state index contributed by atoms with van der Waals surface area (Å²) in [5.74, 6) is -3.10. The third kappa shape index (κ3) is 3.80. The Kier molecular flexibility index (Phi) is 5.00. The first-order chi connectivity index (χ1) is 11.4. The van der Waals surface area contributed by atoms with Crippen LogP contribution in [0.5, 0.6) is 17.2 Å². The SMILES string of the molecule is COC(=O)c1ccc(/C=N/NC(=O)c2cc(O)c(O)c(O)c2)cc1. The van der Waals surface area contributed by atoms with Crippen LogP contribution in [-0.4, -0.2) is 40.5 Å². The number of hydrogen-bond acceptors (Lipinski definition) is 7. The normalized spacial score (nSPS) is 10.5. The van der Waals surface area contributed by atoms with E-state index in [9.17, 15) is 24.9 Å². The largest absolute Gasteiger partial charge is 0.504 e. The number of phenols is 3. The quantitative estimate of drug-likeness (QED) is 0.290. The summed E-state index contributed by atoms with van der Waals surface area (Å²) < 4.78 is 4.58. The monoisotopic (exact) mass is 330 g/mol. The molecule has 0 radical (unpaired) electrons. The highest BCUT2D eigenvalue weighted by atomic mass is 16.5. The molecule has 4 N–H and O–H groups in total. The van der Waals surface area contributed by atoms with Crippen LogP contribution in [-0.2, 0) is 4.74 Å². The van der Waals surface area contributed by atoms with Crippen LogP contribution in [0.4, 0.5) is 0 Å². The second kappa shape index (κ2) is 7.14. The van der Waals surface area contributed by atoms with E-state index in [1.54, 1.807) is 24.3 Å². The Morgan fingerprint density at radius 3 is 2.17 bits per heavy atom. The summed E-state index contributed by atoms with van der Waals surface area (Å²) in [4.78, 5) is 23.1. The third-order valence-electron chi connectivity index (χ3n) is 3.04. The number of carbonyl (C=O) groups is 2. The fourth-order valence-electron chi connectivity index (χ4n) is 1.79. The van der Waals surface area contributed by atoms with Gasteiger partial charge in [0.05, 0.1) is 18.9 Å². The first-order valence-electron chi connectivity index (χ1n) is 6.69. The first kappa shape index (κ1) is 16.8. The Morgan fingerprint density at radius 2 is 1.62 bits per heavy atom. The minimum atomic E-state index is -0.708. The van der Waals surface area contributed by atoms with Crippen LogP contribution in [0, 0.1) is 0 Å². The molecular weight excluding hydrogens is 316 g/mol. The van der Waals surface area contributed by atoms with Gasteiger partial charge in [-0.25, -0.2) is 10.2 Å². The van der Waals surface area contributed by atoms with Gasteiger partial charge in [0.25, 0.3) is 5.91 Å². The van der Waals surface area contributed by atoms with Crippen molar-refractivity contribution in [2.24, 2.45) is 5.10 Å². The Balaban J connectivity index is 2.03. The maximum atomic E-state index is 11.8. The minimum absolute atomic E-state index is 0.0824. The fraction of sp³-hybridized carbons (Fsp3) is 0.0625. The number of rotatable bonds is 4. The molecule has 0 aromatic heterocycles. The van der Waals surface area contributed by atoms with Crippen molar-refractivity contribution in [3.05, 3.63) is 53.1 Å². The maximum absolute atomic E-state index is 11.8. The number of nitrogens with one attached hydrogen (secondary N) is 1. The summed E-state index contributed by atoms with van der Waals surface area (Å²) in [6.45, 7) is 0. The number of phenolic OH excluding ortho intramolecular Hbond substituents is 3. The second-order valence-corrected chi connectivity index (χ2v) is 4.68. The molecule has 0 saturated heterocycles. The van der Waals surface area contributed by atoms with E-state index in [1.807, 2.05) is 0 Å². The zero-order chi connectivity index (χ0) is 17.7. The van der Waals surface area contributed by atoms with Gasteiger partial charge < -0.3 is 20.1 Å². The molecule has 0 spiro atoms. The Labute approximate surface area is 136 Å². The van der Waals surface area contributed by atoms with Gasteiger partial charge in [0, 0.05) is 5.56 Å². The van der Waals surface area contributed by atoms with E-state index in [4.69, 9.17) is 0 Å². The van der Waals surface area contributed by atoms with Gasteiger partial charge in [0.1, 0.15) is 0 Å². The predicted molar refractivity (Wildman–Crippen MR) is 84.3 cm³/mol. The molecule has 0 aliphatic carbocycles. The average molecular weight is 330 g/mol. The molecule has 0 saturated carbocycles. The maximum Gasteiger partial charge on any atom is 0.337 e. The van der Waals surface area contributed by atoms with Crippen LogP contribution in [0.15, 0.2) is 41.5 Å². The molecule has 0 fully saturated rings. The number of ether oxygens (including phenoxy) is 1. The fourth-order valence-corrected chi connectivity index (χ4v) is 1.79. The zero-order valence-electron chi connectivity index (χ0n) is 12.6. The molecule has 1 amide bonds. The van der Waals surface area contributed by atoms with Crippen molar-refractivity contribution < 1.29 is 29.6 Å². The summed E-state index contributed by atoms with van der Waals surface area (Å²) in [6.07, 6.45) is 1.35. The molecule has 8 heteroatoms. The topological polar surface area (TPSA) is 128 Å². The molecule has 0 bridgehead atoms. The number of esters is 1. The number of carbonyl (C=O) groups excluding carboxylic acids is 2. The standard InChI is InChI=1S/C16H14N2O6/c1-24-16(23)10-4-2-9(3-5-10)8-17-18-15(22)11-6-12(19)14(21)13(20)7-11/h2-8,19-21H,1H3,(H,18,22)/b17-8+. The van der Waals surface area contributed by atoms with Crippen LogP contribution < -0.4 is 5.43 Å². The summed E-state index contributed by atoms with van der Waals surface area (Å²) in [5.41, 5.74) is 3.13. The number of benzene rings is 2. The molecule has 2 aromatic rings. The molecule has 124 valence electrons. The van der Waals surface area contributed by atoms with Gasteiger partial charge in [-0.1, -0.05) is 12.1 Å². The highest BCUT2D eigenvalue weighted by molar-refractivity contribution is 5.96. The van der Waals surface area contributed by atoms with Crippen molar-refractivity contribution in [2.45, 2.75) is 0 Å². The van der Waals surface area contributed by atoms with Gasteiger partial charge in [0.15, 0.2) is 17.2 Å². The Bertz CT molecular complexity index is 776. The Hall–Kier alpha value is -3.55. The van der Waals surface area contributed by atoms with Crippen LogP contribution >= 0.6 is 0 Å². The number of methoxy groups -OCH3 is 1. The minimum Gasteiger partial charge on any atom is -0.504 e. The van der Waals surface area contributed by atoms with Crippen molar-refractivity contribution in [3.63, 3.8) is 0 Å². The van der Waals surface area contributed by atoms with Crippen molar-refractivity contribution in [3.8, 4) is 17.2 Å². The van der Waals surface area contributed by atoms with E-state index in [2.05, 4.69) is 15.3 Å². The highest BCUT2D eigenvalue weighted by Gasteiger charge is 2.12. The molecular formula is C16H14N2O6. The first-order valence-corrected chi connectivity index (χ1v) is 6.69. The van der Waals surface area contributed by atoms with Gasteiger partial charge in [0.2, 0.25) is 0 Å². The molecule has 0 unspecified atom stereocenters. The number of hydrogen-bond donors (Lipinski definition) is 4. The molecule has 0 heterocycles. The van der Waals surface area contributed by atoms with Gasteiger partial charge in [-0.3, -0.25) is 4.79 Å². The van der Waals surface area contributed by atoms with E-state index in [0.717, 1.165) is 12.1 Å². The Morgan fingerprint density at radius 1 is 1.04 bits per heavy atom. The number of nitrogens with zero attached hydrogens (tertiary/aromatic N) is 1. The summed E-state index contributed by atoms with van der Waals surface area (Å²) >= 11 is 0. The van der Waals surface area contributed by atoms with Gasteiger partial charge in [-0.2, -0.15) is 5.10 Å². The number of aromatic hydroxyl groups is 3. The highest BCUT2D eigenvalue weighted by Crippen LogP contribution is 2.35. The van der Waals surface area contributed by atoms with Gasteiger partial charge in [-0.05, 0) is 29.8 Å². The lowest BCUT2D eigenvalue weighted by molar-refractivity contribution is 0.0600. The lowest BCUT2D eigenvalue weighted by Crippen LogP contribution is -2.17. The van der Waals surface area contributed by atoms with Crippen molar-refractivity contribution in [2.75, 3.05) is 7.11 Å². The summed E-state index contributed by atoms with van der Waals surface area (Å²) in [5, 5.41) is 31.7. The molecule has 8 nitrogen and oxygen atoms in total.